The number of fused-ring (bicyclic) bond motifs is 1. The van der Waals surface area contributed by atoms with E-state index in [0.29, 0.717) is 6.54 Å². The maximum absolute atomic E-state index is 4.62. The van der Waals surface area contributed by atoms with Gasteiger partial charge in [-0.2, -0.15) is 10.2 Å². The average Bonchev–Trinajstić information content (AvgIpc) is 3.01. The molecule has 110 valence electrons. The Morgan fingerprint density at radius 2 is 2.00 bits per heavy atom. The predicted octanol–water partition coefficient (Wildman–Crippen LogP) is 2.37. The third-order valence-electron chi connectivity index (χ3n) is 3.36. The molecule has 1 N–H and O–H groups in total. The molecule has 0 unspecified atom stereocenters. The van der Waals surface area contributed by atoms with Crippen LogP contribution < -0.4 is 5.32 Å². The van der Waals surface area contributed by atoms with Crippen molar-refractivity contribution >= 4 is 11.3 Å². The van der Waals surface area contributed by atoms with E-state index in [9.17, 15) is 0 Å². The summed E-state index contributed by atoms with van der Waals surface area (Å²) in [5, 5.41) is 12.3. The first-order valence-electron chi connectivity index (χ1n) is 7.01. The first-order chi connectivity index (χ1) is 9.93. The molecule has 0 saturated carbocycles. The molecule has 3 aromatic heterocycles. The number of anilines is 1. The van der Waals surface area contributed by atoms with Crippen molar-refractivity contribution in [3.63, 3.8) is 0 Å². The van der Waals surface area contributed by atoms with Crippen LogP contribution in [-0.4, -0.2) is 24.4 Å². The van der Waals surface area contributed by atoms with Crippen LogP contribution in [0.15, 0.2) is 30.7 Å². The van der Waals surface area contributed by atoms with Gasteiger partial charge in [-0.05, 0) is 12.1 Å². The highest BCUT2D eigenvalue weighted by Gasteiger charge is 2.19. The van der Waals surface area contributed by atoms with Crippen LogP contribution >= 0.6 is 0 Å². The standard InChI is InChI=1S/C15H20N6/c1-15(2,3)13-9-12-14(16-6-8-21(12)19-13)17-10-11-5-7-20(4)18-11/h5-9H,10H2,1-4H3,(H,16,17). The normalized spacial score (nSPS) is 12.0. The number of aryl methyl sites for hydroxylation is 1. The van der Waals surface area contributed by atoms with Gasteiger partial charge in [0, 0.05) is 31.1 Å². The lowest BCUT2D eigenvalue weighted by Gasteiger charge is -2.13. The molecule has 0 aliphatic heterocycles. The molecule has 0 bridgehead atoms. The van der Waals surface area contributed by atoms with E-state index in [0.717, 1.165) is 22.7 Å². The van der Waals surface area contributed by atoms with Crippen LogP contribution in [0.25, 0.3) is 5.52 Å². The van der Waals surface area contributed by atoms with E-state index < -0.39 is 0 Å². The quantitative estimate of drug-likeness (QED) is 0.802. The molecule has 0 aliphatic rings. The molecule has 0 aliphatic carbocycles. The van der Waals surface area contributed by atoms with Gasteiger partial charge in [0.25, 0.3) is 0 Å². The third-order valence-corrected chi connectivity index (χ3v) is 3.36. The Morgan fingerprint density at radius 1 is 1.19 bits per heavy atom. The Balaban J connectivity index is 1.89. The van der Waals surface area contributed by atoms with Gasteiger partial charge in [0.15, 0.2) is 5.82 Å². The van der Waals surface area contributed by atoms with Crippen LogP contribution in [0, 0.1) is 0 Å². The van der Waals surface area contributed by atoms with Gasteiger partial charge in [0.1, 0.15) is 5.52 Å². The molecule has 6 heteroatoms. The average molecular weight is 284 g/mol. The molecule has 0 spiro atoms. The fourth-order valence-electron chi connectivity index (χ4n) is 2.16. The molecule has 0 fully saturated rings. The second kappa shape index (κ2) is 4.87. The molecule has 3 heterocycles. The monoisotopic (exact) mass is 284 g/mol. The van der Waals surface area contributed by atoms with E-state index in [1.54, 1.807) is 10.9 Å². The molecule has 0 aromatic carbocycles. The lowest BCUT2D eigenvalue weighted by molar-refractivity contribution is 0.562. The van der Waals surface area contributed by atoms with E-state index in [4.69, 9.17) is 0 Å². The summed E-state index contributed by atoms with van der Waals surface area (Å²) in [6.07, 6.45) is 5.56. The van der Waals surface area contributed by atoms with E-state index in [2.05, 4.69) is 47.3 Å². The molecule has 0 atom stereocenters. The largest absolute Gasteiger partial charge is 0.363 e. The van der Waals surface area contributed by atoms with Crippen LogP contribution in [0.3, 0.4) is 0 Å². The Bertz CT molecular complexity index is 762. The first-order valence-corrected chi connectivity index (χ1v) is 7.01. The van der Waals surface area contributed by atoms with Crippen molar-refractivity contribution in [3.8, 4) is 0 Å². The second-order valence-electron chi connectivity index (χ2n) is 6.22. The van der Waals surface area contributed by atoms with Gasteiger partial charge in [0.05, 0.1) is 17.9 Å². The van der Waals surface area contributed by atoms with Crippen LogP contribution in [0.1, 0.15) is 32.2 Å². The minimum absolute atomic E-state index is 0.0181. The van der Waals surface area contributed by atoms with Gasteiger partial charge in [-0.15, -0.1) is 0 Å². The molecule has 0 amide bonds. The number of hydrogen-bond donors (Lipinski definition) is 1. The fraction of sp³-hybridized carbons (Fsp3) is 0.400. The van der Waals surface area contributed by atoms with Crippen LogP contribution in [0.2, 0.25) is 0 Å². The van der Waals surface area contributed by atoms with Crippen LogP contribution in [0.4, 0.5) is 5.82 Å². The van der Waals surface area contributed by atoms with Crippen LogP contribution in [0.5, 0.6) is 0 Å². The number of hydrogen-bond acceptors (Lipinski definition) is 4. The van der Waals surface area contributed by atoms with Gasteiger partial charge in [-0.25, -0.2) is 9.50 Å². The van der Waals surface area contributed by atoms with Crippen molar-refractivity contribution in [1.82, 2.24) is 24.4 Å². The Labute approximate surface area is 123 Å². The SMILES string of the molecule is Cn1ccc(CNc2nccn3nc(C(C)(C)C)cc23)n1. The zero-order chi connectivity index (χ0) is 15.0. The first kappa shape index (κ1) is 13.6. The molecule has 3 rings (SSSR count). The smallest absolute Gasteiger partial charge is 0.152 e. The predicted molar refractivity (Wildman–Crippen MR) is 82.2 cm³/mol. The topological polar surface area (TPSA) is 60.0 Å². The summed E-state index contributed by atoms with van der Waals surface area (Å²) in [7, 11) is 1.91. The summed E-state index contributed by atoms with van der Waals surface area (Å²) in [5.41, 5.74) is 3.04. The molecule has 3 aromatic rings. The molecule has 0 saturated heterocycles. The van der Waals surface area contributed by atoms with Crippen LogP contribution in [-0.2, 0) is 19.0 Å². The maximum atomic E-state index is 4.62. The van der Waals surface area contributed by atoms with Gasteiger partial charge in [-0.1, -0.05) is 20.8 Å². The summed E-state index contributed by atoms with van der Waals surface area (Å²) >= 11 is 0. The van der Waals surface area contributed by atoms with Gasteiger partial charge < -0.3 is 5.32 Å². The van der Waals surface area contributed by atoms with Crippen molar-refractivity contribution in [2.45, 2.75) is 32.7 Å². The van der Waals surface area contributed by atoms with E-state index >= 15 is 0 Å². The number of rotatable bonds is 3. The zero-order valence-electron chi connectivity index (χ0n) is 12.8. The highest BCUT2D eigenvalue weighted by Crippen LogP contribution is 2.24. The van der Waals surface area contributed by atoms with E-state index in [-0.39, 0.29) is 5.41 Å². The molecular weight excluding hydrogens is 264 g/mol. The number of nitrogens with zero attached hydrogens (tertiary/aromatic N) is 5. The lowest BCUT2D eigenvalue weighted by atomic mass is 9.92. The van der Waals surface area contributed by atoms with E-state index in [1.165, 1.54) is 0 Å². The number of nitrogens with one attached hydrogen (secondary N) is 1. The van der Waals surface area contributed by atoms with Gasteiger partial charge in [0.2, 0.25) is 0 Å². The summed E-state index contributed by atoms with van der Waals surface area (Å²) in [6.45, 7) is 7.11. The highest BCUT2D eigenvalue weighted by molar-refractivity contribution is 5.68. The van der Waals surface area contributed by atoms with Crippen molar-refractivity contribution in [2.75, 3.05) is 5.32 Å². The van der Waals surface area contributed by atoms with Gasteiger partial charge in [-0.3, -0.25) is 4.68 Å². The van der Waals surface area contributed by atoms with Gasteiger partial charge >= 0.3 is 0 Å². The minimum atomic E-state index is 0.0181. The van der Waals surface area contributed by atoms with Crippen molar-refractivity contribution in [3.05, 3.63) is 42.1 Å². The van der Waals surface area contributed by atoms with Crippen molar-refractivity contribution in [2.24, 2.45) is 7.05 Å². The molecule has 6 nitrogen and oxygen atoms in total. The minimum Gasteiger partial charge on any atom is -0.363 e. The Kier molecular flexibility index (Phi) is 3.16. The summed E-state index contributed by atoms with van der Waals surface area (Å²) < 4.78 is 3.66. The number of aromatic nitrogens is 5. The van der Waals surface area contributed by atoms with E-state index in [1.807, 2.05) is 30.0 Å². The van der Waals surface area contributed by atoms with Crippen molar-refractivity contribution < 1.29 is 0 Å². The zero-order valence-corrected chi connectivity index (χ0v) is 12.8. The molecular formula is C15H20N6. The van der Waals surface area contributed by atoms with Crippen molar-refractivity contribution in [1.29, 1.82) is 0 Å². The summed E-state index contributed by atoms with van der Waals surface area (Å²) in [6, 6.07) is 4.08. The maximum Gasteiger partial charge on any atom is 0.152 e. The summed E-state index contributed by atoms with van der Waals surface area (Å²) in [5.74, 6) is 0.825. The summed E-state index contributed by atoms with van der Waals surface area (Å²) in [4.78, 5) is 4.42. The highest BCUT2D eigenvalue weighted by atomic mass is 15.3. The molecule has 0 radical (unpaired) electrons. The Hall–Kier alpha value is -2.37. The molecule has 21 heavy (non-hydrogen) atoms. The third kappa shape index (κ3) is 2.74. The Morgan fingerprint density at radius 3 is 2.67 bits per heavy atom. The fourth-order valence-corrected chi connectivity index (χ4v) is 2.16. The lowest BCUT2D eigenvalue weighted by Crippen LogP contribution is -2.11. The second-order valence-corrected chi connectivity index (χ2v) is 6.22.